The molecule has 1 aliphatic heterocycles. The van der Waals surface area contributed by atoms with Crippen LogP contribution in [-0.2, 0) is 4.79 Å². The first-order chi connectivity index (χ1) is 9.69. The molecular weight excluding hydrogens is 292 g/mol. The van der Waals surface area contributed by atoms with Gasteiger partial charge in [0, 0.05) is 12.6 Å². The number of methoxy groups -OCH3 is 1. The summed E-state index contributed by atoms with van der Waals surface area (Å²) in [7, 11) is 1.62. The number of amides is 1. The van der Waals surface area contributed by atoms with Gasteiger partial charge in [-0.2, -0.15) is 0 Å². The molecule has 2 atom stereocenters. The fraction of sp³-hybridized carbons (Fsp3) is 0.533. The Morgan fingerprint density at radius 3 is 2.57 bits per heavy atom. The number of ether oxygens (including phenoxy) is 2. The maximum atomic E-state index is 12.1. The zero-order valence-electron chi connectivity index (χ0n) is 12.4. The number of benzene rings is 1. The molecule has 1 amide bonds. The van der Waals surface area contributed by atoms with Crippen LogP contribution in [0, 0.1) is 0 Å². The zero-order valence-corrected chi connectivity index (χ0v) is 13.2. The summed E-state index contributed by atoms with van der Waals surface area (Å²) in [5.41, 5.74) is 0. The number of carbonyl (C=O) groups is 1. The molecule has 118 valence electrons. The molecule has 1 aromatic carbocycles. The summed E-state index contributed by atoms with van der Waals surface area (Å²) in [6.45, 7) is 3.63. The predicted octanol–water partition coefficient (Wildman–Crippen LogP) is 1.75. The Hall–Kier alpha value is -1.46. The minimum Gasteiger partial charge on any atom is -0.497 e. The maximum absolute atomic E-state index is 12.1. The summed E-state index contributed by atoms with van der Waals surface area (Å²) in [6.07, 6.45) is 1.61. The highest BCUT2D eigenvalue weighted by molar-refractivity contribution is 5.85. The van der Waals surface area contributed by atoms with E-state index in [1.807, 2.05) is 12.1 Å². The molecule has 0 radical (unpaired) electrons. The van der Waals surface area contributed by atoms with E-state index in [9.17, 15) is 4.79 Å². The second kappa shape index (κ2) is 8.74. The second-order valence-electron chi connectivity index (χ2n) is 4.99. The predicted molar refractivity (Wildman–Crippen MR) is 84.4 cm³/mol. The Morgan fingerprint density at radius 1 is 1.33 bits per heavy atom. The molecule has 21 heavy (non-hydrogen) atoms. The van der Waals surface area contributed by atoms with Crippen LogP contribution in [0.5, 0.6) is 11.5 Å². The van der Waals surface area contributed by atoms with Crippen LogP contribution in [0.15, 0.2) is 24.3 Å². The van der Waals surface area contributed by atoms with E-state index < -0.39 is 6.10 Å². The molecule has 0 aliphatic carbocycles. The summed E-state index contributed by atoms with van der Waals surface area (Å²) in [4.78, 5) is 12.1. The molecule has 1 saturated heterocycles. The highest BCUT2D eigenvalue weighted by Crippen LogP contribution is 2.18. The summed E-state index contributed by atoms with van der Waals surface area (Å²) >= 11 is 0. The lowest BCUT2D eigenvalue weighted by Gasteiger charge is -2.25. The minimum atomic E-state index is -0.509. The Bertz CT molecular complexity index is 433. The number of carbonyl (C=O) groups excluding carboxylic acids is 1. The highest BCUT2D eigenvalue weighted by Gasteiger charge is 2.20. The van der Waals surface area contributed by atoms with Gasteiger partial charge in [0.25, 0.3) is 5.91 Å². The van der Waals surface area contributed by atoms with Crippen LogP contribution in [0.3, 0.4) is 0 Å². The average Bonchev–Trinajstić information content (AvgIpc) is 2.49. The molecule has 1 fully saturated rings. The van der Waals surface area contributed by atoms with Crippen LogP contribution >= 0.6 is 12.4 Å². The largest absolute Gasteiger partial charge is 0.497 e. The van der Waals surface area contributed by atoms with E-state index in [1.54, 1.807) is 26.2 Å². The molecule has 0 spiro atoms. The first kappa shape index (κ1) is 17.6. The molecule has 0 saturated carbocycles. The van der Waals surface area contributed by atoms with Crippen molar-refractivity contribution in [1.29, 1.82) is 0 Å². The van der Waals surface area contributed by atoms with Crippen molar-refractivity contribution in [3.05, 3.63) is 24.3 Å². The summed E-state index contributed by atoms with van der Waals surface area (Å²) in [6, 6.07) is 7.42. The molecule has 2 rings (SSSR count). The van der Waals surface area contributed by atoms with Gasteiger partial charge in [0.05, 0.1) is 7.11 Å². The molecule has 5 nitrogen and oxygen atoms in total. The Labute approximate surface area is 131 Å². The molecular formula is C15H23ClN2O3. The summed E-state index contributed by atoms with van der Waals surface area (Å²) in [5, 5.41) is 6.28. The van der Waals surface area contributed by atoms with Crippen LogP contribution in [0.1, 0.15) is 19.8 Å². The van der Waals surface area contributed by atoms with E-state index in [4.69, 9.17) is 9.47 Å². The van der Waals surface area contributed by atoms with Crippen LogP contribution in [0.4, 0.5) is 0 Å². The number of piperidine rings is 1. The van der Waals surface area contributed by atoms with E-state index in [0.29, 0.717) is 5.75 Å². The van der Waals surface area contributed by atoms with Gasteiger partial charge in [0.1, 0.15) is 11.5 Å². The molecule has 0 aromatic heterocycles. The molecule has 1 heterocycles. The number of halogens is 1. The average molecular weight is 315 g/mol. The topological polar surface area (TPSA) is 59.6 Å². The molecule has 6 heteroatoms. The standard InChI is InChI=1S/C15H22N2O3.ClH/c1-11(15(18)17-12-4-3-9-16-10-12)20-14-7-5-13(19-2)6-8-14;/h5-8,11-12,16H,3-4,9-10H2,1-2H3,(H,17,18);1H. The lowest BCUT2D eigenvalue weighted by molar-refractivity contribution is -0.128. The van der Waals surface area contributed by atoms with Crippen molar-refractivity contribution in [3.63, 3.8) is 0 Å². The minimum absolute atomic E-state index is 0. The van der Waals surface area contributed by atoms with Gasteiger partial charge in [-0.15, -0.1) is 12.4 Å². The first-order valence-corrected chi connectivity index (χ1v) is 7.01. The fourth-order valence-electron chi connectivity index (χ4n) is 2.21. The Kier molecular flexibility index (Phi) is 7.32. The van der Waals surface area contributed by atoms with Crippen LogP contribution in [0.2, 0.25) is 0 Å². The van der Waals surface area contributed by atoms with E-state index >= 15 is 0 Å². The number of hydrogen-bond donors (Lipinski definition) is 2. The van der Waals surface area contributed by atoms with E-state index in [0.717, 1.165) is 31.7 Å². The van der Waals surface area contributed by atoms with Gasteiger partial charge >= 0.3 is 0 Å². The lowest BCUT2D eigenvalue weighted by Crippen LogP contribution is -2.49. The molecule has 1 aromatic rings. The normalized spacial score (nSPS) is 19.0. The molecule has 0 bridgehead atoms. The van der Waals surface area contributed by atoms with Crippen molar-refractivity contribution >= 4 is 18.3 Å². The Balaban J connectivity index is 0.00000220. The van der Waals surface area contributed by atoms with Crippen molar-refractivity contribution in [3.8, 4) is 11.5 Å². The van der Waals surface area contributed by atoms with E-state index in [1.165, 1.54) is 0 Å². The van der Waals surface area contributed by atoms with Crippen molar-refractivity contribution in [2.75, 3.05) is 20.2 Å². The summed E-state index contributed by atoms with van der Waals surface area (Å²) in [5.74, 6) is 1.35. The van der Waals surface area contributed by atoms with Crippen molar-refractivity contribution < 1.29 is 14.3 Å². The van der Waals surface area contributed by atoms with E-state index in [2.05, 4.69) is 10.6 Å². The van der Waals surface area contributed by atoms with Gasteiger partial charge in [0.15, 0.2) is 6.10 Å². The number of rotatable bonds is 5. The lowest BCUT2D eigenvalue weighted by atomic mass is 10.1. The monoisotopic (exact) mass is 314 g/mol. The van der Waals surface area contributed by atoms with Crippen molar-refractivity contribution in [2.45, 2.75) is 31.9 Å². The Morgan fingerprint density at radius 2 is 2.00 bits per heavy atom. The SMILES string of the molecule is COc1ccc(OC(C)C(=O)NC2CCCNC2)cc1.Cl. The molecule has 2 unspecified atom stereocenters. The summed E-state index contributed by atoms with van der Waals surface area (Å²) < 4.78 is 10.7. The van der Waals surface area contributed by atoms with Gasteiger partial charge in [0.2, 0.25) is 0 Å². The third-order valence-electron chi connectivity index (χ3n) is 3.38. The van der Waals surface area contributed by atoms with Crippen LogP contribution < -0.4 is 20.1 Å². The van der Waals surface area contributed by atoms with E-state index in [-0.39, 0.29) is 24.4 Å². The van der Waals surface area contributed by atoms with Gasteiger partial charge < -0.3 is 20.1 Å². The maximum Gasteiger partial charge on any atom is 0.261 e. The highest BCUT2D eigenvalue weighted by atomic mass is 35.5. The third kappa shape index (κ3) is 5.44. The molecule has 2 N–H and O–H groups in total. The first-order valence-electron chi connectivity index (χ1n) is 7.01. The smallest absolute Gasteiger partial charge is 0.261 e. The quantitative estimate of drug-likeness (QED) is 0.869. The zero-order chi connectivity index (χ0) is 14.4. The van der Waals surface area contributed by atoms with Gasteiger partial charge in [-0.3, -0.25) is 4.79 Å². The number of nitrogens with one attached hydrogen (secondary N) is 2. The number of hydrogen-bond acceptors (Lipinski definition) is 4. The fourth-order valence-corrected chi connectivity index (χ4v) is 2.21. The van der Waals surface area contributed by atoms with Crippen LogP contribution in [-0.4, -0.2) is 38.3 Å². The van der Waals surface area contributed by atoms with Gasteiger partial charge in [-0.25, -0.2) is 0 Å². The van der Waals surface area contributed by atoms with Crippen molar-refractivity contribution in [2.24, 2.45) is 0 Å². The van der Waals surface area contributed by atoms with Gasteiger partial charge in [-0.1, -0.05) is 0 Å². The second-order valence-corrected chi connectivity index (χ2v) is 4.99. The third-order valence-corrected chi connectivity index (χ3v) is 3.38. The van der Waals surface area contributed by atoms with Gasteiger partial charge in [-0.05, 0) is 50.6 Å². The van der Waals surface area contributed by atoms with Crippen molar-refractivity contribution in [1.82, 2.24) is 10.6 Å². The molecule has 1 aliphatic rings. The van der Waals surface area contributed by atoms with Crippen LogP contribution in [0.25, 0.3) is 0 Å².